The third kappa shape index (κ3) is 3.69. The Bertz CT molecular complexity index is 1040. The van der Waals surface area contributed by atoms with E-state index in [0.717, 1.165) is 28.6 Å². The van der Waals surface area contributed by atoms with Gasteiger partial charge in [-0.1, -0.05) is 11.8 Å². The highest BCUT2D eigenvalue weighted by Gasteiger charge is 2.45. The highest BCUT2D eigenvalue weighted by Crippen LogP contribution is 2.45. The van der Waals surface area contributed by atoms with Crippen molar-refractivity contribution in [3.05, 3.63) is 36.8 Å². The number of pyridine rings is 1. The molecule has 2 aliphatic heterocycles. The largest absolute Gasteiger partial charge is 0.507 e. The molecule has 5 rings (SSSR count). The number of piperidine rings is 2. The number of nitrogens with zero attached hydrogens (tertiary/aromatic N) is 4. The van der Waals surface area contributed by atoms with E-state index in [-0.39, 0.29) is 16.8 Å². The topological polar surface area (TPSA) is 83.8 Å². The number of fused-ring (bicyclic) bond motifs is 3. The number of thioether (sulfide) groups is 1. The smallest absolute Gasteiger partial charge is 0.185 e. The summed E-state index contributed by atoms with van der Waals surface area (Å²) in [4.78, 5) is 8.60. The van der Waals surface area contributed by atoms with Crippen LogP contribution in [0.15, 0.2) is 41.8 Å². The molecule has 2 saturated heterocycles. The Balaban J connectivity index is 1.36. The summed E-state index contributed by atoms with van der Waals surface area (Å²) in [6.45, 7) is 4.70. The Morgan fingerprint density at radius 3 is 2.59 bits per heavy atom. The fraction of sp³-hybridized carbons (Fsp3) is 0.455. The van der Waals surface area contributed by atoms with Crippen molar-refractivity contribution in [1.29, 1.82) is 0 Å². The van der Waals surface area contributed by atoms with Gasteiger partial charge in [0, 0.05) is 34.1 Å². The summed E-state index contributed by atoms with van der Waals surface area (Å²) in [6, 6.07) is 5.48. The van der Waals surface area contributed by atoms with Gasteiger partial charge in [-0.2, -0.15) is 0 Å². The number of rotatable bonds is 3. The highest BCUT2D eigenvalue weighted by atomic mass is 32.2. The first-order valence-electron chi connectivity index (χ1n) is 10.1. The Morgan fingerprint density at radius 1 is 1.07 bits per heavy atom. The van der Waals surface area contributed by atoms with Crippen molar-refractivity contribution >= 4 is 22.5 Å². The van der Waals surface area contributed by atoms with Crippen molar-refractivity contribution < 1.29 is 5.11 Å². The van der Waals surface area contributed by atoms with Gasteiger partial charge in [0.25, 0.3) is 0 Å². The summed E-state index contributed by atoms with van der Waals surface area (Å²) < 4.78 is 0. The first kappa shape index (κ1) is 18.8. The number of hydrogen-bond donors (Lipinski definition) is 2. The number of benzene rings is 1. The number of aromatic hydroxyl groups is 1. The number of phenolic OH excluding ortho intramolecular Hbond substituents is 1. The van der Waals surface area contributed by atoms with Crippen LogP contribution in [-0.4, -0.2) is 41.6 Å². The molecule has 0 aliphatic carbocycles. The molecule has 3 aromatic rings. The van der Waals surface area contributed by atoms with Crippen molar-refractivity contribution in [3.63, 3.8) is 0 Å². The Kier molecular flexibility index (Phi) is 4.47. The van der Waals surface area contributed by atoms with Crippen LogP contribution in [-0.2, 0) is 0 Å². The Hall–Kier alpha value is -2.25. The van der Waals surface area contributed by atoms with Gasteiger partial charge >= 0.3 is 0 Å². The second-order valence-corrected chi connectivity index (χ2v) is 10.3. The number of phenols is 1. The van der Waals surface area contributed by atoms with E-state index in [1.165, 1.54) is 19.3 Å². The minimum absolute atomic E-state index is 0.139. The van der Waals surface area contributed by atoms with Gasteiger partial charge in [-0.05, 0) is 69.5 Å². The summed E-state index contributed by atoms with van der Waals surface area (Å²) in [7, 11) is 0. The van der Waals surface area contributed by atoms with Crippen molar-refractivity contribution in [2.75, 3.05) is 0 Å². The van der Waals surface area contributed by atoms with Gasteiger partial charge in [0.05, 0.1) is 11.8 Å². The average molecular weight is 408 g/mol. The molecule has 2 N–H and O–H groups in total. The van der Waals surface area contributed by atoms with Crippen LogP contribution in [0.3, 0.4) is 0 Å². The fourth-order valence-corrected chi connectivity index (χ4v) is 6.55. The van der Waals surface area contributed by atoms with Gasteiger partial charge in [-0.3, -0.25) is 4.98 Å². The zero-order chi connectivity index (χ0) is 20.1. The van der Waals surface area contributed by atoms with E-state index in [4.69, 9.17) is 0 Å². The minimum Gasteiger partial charge on any atom is -0.507 e. The quantitative estimate of drug-likeness (QED) is 0.668. The molecule has 1 aromatic carbocycles. The van der Waals surface area contributed by atoms with Crippen LogP contribution in [0.1, 0.15) is 46.0 Å². The molecule has 7 heteroatoms. The molecule has 2 aromatic heterocycles. The molecule has 2 atom stereocenters. The maximum atomic E-state index is 10.4. The van der Waals surface area contributed by atoms with Gasteiger partial charge in [0.2, 0.25) is 0 Å². The molecular formula is C22H25N5OS. The molecule has 6 nitrogen and oxygen atoms in total. The van der Waals surface area contributed by atoms with Crippen LogP contribution >= 0.6 is 11.8 Å². The normalized spacial score (nSPS) is 29.1. The van der Waals surface area contributed by atoms with Gasteiger partial charge in [0.15, 0.2) is 5.82 Å². The van der Waals surface area contributed by atoms with Gasteiger partial charge in [-0.25, -0.2) is 4.98 Å². The highest BCUT2D eigenvalue weighted by molar-refractivity contribution is 7.99. The van der Waals surface area contributed by atoms with Gasteiger partial charge in [-0.15, -0.1) is 10.2 Å². The SMILES string of the molecule is CC12CCCC(C)(CC(Sc3cnc(-c4cc5ccncc5cc4O)nn3)C1)N2. The Labute approximate surface area is 174 Å². The predicted octanol–water partition coefficient (Wildman–Crippen LogP) is 4.34. The number of nitrogens with one attached hydrogen (secondary N) is 1. The summed E-state index contributed by atoms with van der Waals surface area (Å²) in [5.41, 5.74) is 1.02. The second kappa shape index (κ2) is 6.92. The minimum atomic E-state index is 0.139. The first-order valence-corrected chi connectivity index (χ1v) is 11.0. The Morgan fingerprint density at radius 2 is 1.86 bits per heavy atom. The average Bonchev–Trinajstić information content (AvgIpc) is 2.66. The zero-order valence-electron chi connectivity index (χ0n) is 16.7. The lowest BCUT2D eigenvalue weighted by atomic mass is 9.71. The maximum absolute atomic E-state index is 10.4. The molecule has 0 spiro atoms. The molecule has 2 fully saturated rings. The van der Waals surface area contributed by atoms with E-state index in [2.05, 4.69) is 39.3 Å². The fourth-order valence-electron chi connectivity index (χ4n) is 5.10. The van der Waals surface area contributed by atoms with Crippen LogP contribution < -0.4 is 5.32 Å². The molecule has 0 radical (unpaired) electrons. The molecule has 150 valence electrons. The monoisotopic (exact) mass is 407 g/mol. The van der Waals surface area contributed by atoms with Crippen LogP contribution in [0, 0.1) is 0 Å². The lowest BCUT2D eigenvalue weighted by Crippen LogP contribution is -2.64. The van der Waals surface area contributed by atoms with Crippen molar-refractivity contribution in [2.45, 2.75) is 67.3 Å². The van der Waals surface area contributed by atoms with Gasteiger partial charge < -0.3 is 10.4 Å². The van der Waals surface area contributed by atoms with E-state index in [1.807, 2.05) is 12.1 Å². The van der Waals surface area contributed by atoms with Crippen molar-refractivity contribution in [1.82, 2.24) is 25.5 Å². The van der Waals surface area contributed by atoms with E-state index in [1.54, 1.807) is 36.4 Å². The van der Waals surface area contributed by atoms with Gasteiger partial charge in [0.1, 0.15) is 10.8 Å². The standard InChI is InChI=1S/C22H25N5OS/c1-21-5-3-6-22(2,27-21)11-16(10-21)29-19-13-24-20(26-25-19)17-8-14-4-7-23-12-15(14)9-18(17)28/h4,7-9,12-13,16,27-28H,3,5-6,10-11H2,1-2H3. The van der Waals surface area contributed by atoms with E-state index in [0.29, 0.717) is 16.6 Å². The lowest BCUT2D eigenvalue weighted by Gasteiger charge is -2.53. The van der Waals surface area contributed by atoms with E-state index >= 15 is 0 Å². The van der Waals surface area contributed by atoms with E-state index in [9.17, 15) is 5.11 Å². The van der Waals surface area contributed by atoms with Crippen LogP contribution in [0.5, 0.6) is 5.75 Å². The van der Waals surface area contributed by atoms with Crippen molar-refractivity contribution in [3.8, 4) is 17.1 Å². The second-order valence-electron chi connectivity index (χ2n) is 8.96. The molecular weight excluding hydrogens is 382 g/mol. The zero-order valence-corrected chi connectivity index (χ0v) is 17.5. The van der Waals surface area contributed by atoms with Crippen molar-refractivity contribution in [2.24, 2.45) is 0 Å². The van der Waals surface area contributed by atoms with E-state index < -0.39 is 0 Å². The summed E-state index contributed by atoms with van der Waals surface area (Å²) in [5, 5.41) is 26.2. The molecule has 0 amide bonds. The van der Waals surface area contributed by atoms with Crippen LogP contribution in [0.4, 0.5) is 0 Å². The molecule has 2 bridgehead atoms. The summed E-state index contributed by atoms with van der Waals surface area (Å²) in [6.07, 6.45) is 11.3. The third-order valence-corrected chi connectivity index (χ3v) is 7.34. The third-order valence-electron chi connectivity index (χ3n) is 6.24. The number of hydrogen-bond acceptors (Lipinski definition) is 7. The molecule has 2 unspecified atom stereocenters. The molecule has 2 aliphatic rings. The maximum Gasteiger partial charge on any atom is 0.185 e. The molecule has 4 heterocycles. The first-order chi connectivity index (χ1) is 13.9. The lowest BCUT2D eigenvalue weighted by molar-refractivity contribution is 0.0973. The molecule has 0 saturated carbocycles. The predicted molar refractivity (Wildman–Crippen MR) is 115 cm³/mol. The van der Waals surface area contributed by atoms with Crippen LogP contribution in [0.2, 0.25) is 0 Å². The summed E-state index contributed by atoms with van der Waals surface area (Å²) >= 11 is 1.78. The van der Waals surface area contributed by atoms with Crippen LogP contribution in [0.25, 0.3) is 22.2 Å². The molecule has 29 heavy (non-hydrogen) atoms. The number of aromatic nitrogens is 4. The summed E-state index contributed by atoms with van der Waals surface area (Å²) in [5.74, 6) is 0.575.